The summed E-state index contributed by atoms with van der Waals surface area (Å²) in [7, 11) is 0. The average molecular weight is 377 g/mol. The van der Waals surface area contributed by atoms with Crippen LogP contribution in [0.1, 0.15) is 11.1 Å². The number of ether oxygens (including phenoxy) is 1. The van der Waals surface area contributed by atoms with E-state index >= 15 is 0 Å². The summed E-state index contributed by atoms with van der Waals surface area (Å²) in [4.78, 5) is 12.2. The fourth-order valence-corrected chi connectivity index (χ4v) is 3.05. The molecule has 0 bridgehead atoms. The molecule has 0 fully saturated rings. The van der Waals surface area contributed by atoms with Gasteiger partial charge in [-0.3, -0.25) is 0 Å². The molecule has 3 aromatic carbocycles. The van der Waals surface area contributed by atoms with Crippen molar-refractivity contribution in [3.63, 3.8) is 0 Å². The topological polar surface area (TPSA) is 26.3 Å². The molecule has 4 rings (SSSR count). The van der Waals surface area contributed by atoms with Crippen molar-refractivity contribution < 1.29 is 9.53 Å². The summed E-state index contributed by atoms with van der Waals surface area (Å²) in [6.45, 7) is 0. The molecule has 1 heterocycles. The third-order valence-electron chi connectivity index (χ3n) is 3.99. The molecule has 0 aliphatic carbocycles. The summed E-state index contributed by atoms with van der Waals surface area (Å²) < 4.78 is 6.41. The zero-order valence-corrected chi connectivity index (χ0v) is 14.3. The molecular weight excluding hydrogens is 364 g/mol. The third-order valence-corrected chi connectivity index (χ3v) is 4.52. The minimum atomic E-state index is -0.319. The summed E-state index contributed by atoms with van der Waals surface area (Å²) in [5, 5.41) is 2.26. The molecule has 3 aromatic rings. The fourth-order valence-electron chi connectivity index (χ4n) is 2.79. The lowest BCUT2D eigenvalue weighted by molar-refractivity contribution is -0.130. The van der Waals surface area contributed by atoms with Gasteiger partial charge in [-0.25, -0.2) is 4.79 Å². The predicted molar refractivity (Wildman–Crippen MR) is 100 cm³/mol. The van der Waals surface area contributed by atoms with E-state index in [2.05, 4.69) is 34.1 Å². The van der Waals surface area contributed by atoms with Crippen LogP contribution < -0.4 is 0 Å². The standard InChI is InChI=1S/C21H13BrO2/c22-18-10-8-15(9-11-18)20-13-17(21(23)24-20)12-16-6-3-5-14-4-1-2-7-19(14)16/h1-13H. The van der Waals surface area contributed by atoms with Gasteiger partial charge < -0.3 is 4.74 Å². The molecule has 0 spiro atoms. The normalized spacial score (nSPS) is 15.6. The monoisotopic (exact) mass is 376 g/mol. The number of cyclic esters (lactones) is 1. The van der Waals surface area contributed by atoms with Crippen LogP contribution in [0.4, 0.5) is 0 Å². The van der Waals surface area contributed by atoms with Crippen LogP contribution in [0, 0.1) is 0 Å². The number of fused-ring (bicyclic) bond motifs is 1. The summed E-state index contributed by atoms with van der Waals surface area (Å²) in [5.74, 6) is 0.264. The molecule has 0 radical (unpaired) electrons. The molecule has 3 heteroatoms. The number of hydrogen-bond acceptors (Lipinski definition) is 2. The van der Waals surface area contributed by atoms with Crippen LogP contribution in [0.5, 0.6) is 0 Å². The van der Waals surface area contributed by atoms with Crippen LogP contribution in [0.15, 0.2) is 82.9 Å². The van der Waals surface area contributed by atoms with E-state index in [1.807, 2.05) is 54.6 Å². The number of carbonyl (C=O) groups excluding carboxylic acids is 1. The smallest absolute Gasteiger partial charge is 0.343 e. The van der Waals surface area contributed by atoms with Crippen LogP contribution in [0.25, 0.3) is 22.6 Å². The quantitative estimate of drug-likeness (QED) is 0.430. The Bertz CT molecular complexity index is 993. The zero-order valence-electron chi connectivity index (χ0n) is 12.7. The second-order valence-electron chi connectivity index (χ2n) is 5.57. The number of halogens is 1. The van der Waals surface area contributed by atoms with Gasteiger partial charge in [-0.15, -0.1) is 0 Å². The lowest BCUT2D eigenvalue weighted by atomic mass is 10.0. The Labute approximate surface area is 148 Å². The third kappa shape index (κ3) is 2.79. The first-order valence-corrected chi connectivity index (χ1v) is 8.39. The van der Waals surface area contributed by atoms with E-state index < -0.39 is 0 Å². The Morgan fingerprint density at radius 1 is 0.875 bits per heavy atom. The van der Waals surface area contributed by atoms with Gasteiger partial charge in [0.15, 0.2) is 0 Å². The Kier molecular flexibility index (Phi) is 3.79. The first kappa shape index (κ1) is 14.9. The van der Waals surface area contributed by atoms with E-state index in [-0.39, 0.29) is 5.97 Å². The minimum absolute atomic E-state index is 0.319. The molecular formula is C21H13BrO2. The molecule has 2 nitrogen and oxygen atoms in total. The molecule has 0 aromatic heterocycles. The van der Waals surface area contributed by atoms with Crippen LogP contribution >= 0.6 is 15.9 Å². The number of rotatable bonds is 2. The highest BCUT2D eigenvalue weighted by molar-refractivity contribution is 9.10. The van der Waals surface area contributed by atoms with E-state index in [0.717, 1.165) is 26.4 Å². The molecule has 0 saturated carbocycles. The highest BCUT2D eigenvalue weighted by atomic mass is 79.9. The first-order valence-electron chi connectivity index (χ1n) is 7.60. The van der Waals surface area contributed by atoms with Gasteiger partial charge in [-0.05, 0) is 40.6 Å². The maximum absolute atomic E-state index is 12.2. The van der Waals surface area contributed by atoms with Crippen molar-refractivity contribution in [3.8, 4) is 0 Å². The molecule has 0 atom stereocenters. The molecule has 1 aliphatic heterocycles. The van der Waals surface area contributed by atoms with Crippen molar-refractivity contribution in [2.75, 3.05) is 0 Å². The number of benzene rings is 3. The number of esters is 1. The van der Waals surface area contributed by atoms with Crippen LogP contribution in [0.3, 0.4) is 0 Å². The molecule has 0 N–H and O–H groups in total. The summed E-state index contributed by atoms with van der Waals surface area (Å²) >= 11 is 3.41. The van der Waals surface area contributed by atoms with Crippen LogP contribution in [0.2, 0.25) is 0 Å². The van der Waals surface area contributed by atoms with E-state index in [0.29, 0.717) is 11.3 Å². The molecule has 116 valence electrons. The van der Waals surface area contributed by atoms with Crippen LogP contribution in [-0.2, 0) is 9.53 Å². The van der Waals surface area contributed by atoms with Crippen molar-refractivity contribution in [3.05, 3.63) is 94.0 Å². The summed E-state index contributed by atoms with van der Waals surface area (Å²) in [6, 6.07) is 21.9. The molecule has 0 amide bonds. The Morgan fingerprint density at radius 3 is 2.46 bits per heavy atom. The van der Waals surface area contributed by atoms with Gasteiger partial charge in [-0.2, -0.15) is 0 Å². The van der Waals surface area contributed by atoms with Crippen molar-refractivity contribution >= 4 is 44.5 Å². The van der Waals surface area contributed by atoms with E-state index in [9.17, 15) is 4.79 Å². The predicted octanol–water partition coefficient (Wildman–Crippen LogP) is 5.58. The second kappa shape index (κ2) is 6.10. The number of carbonyl (C=O) groups is 1. The largest absolute Gasteiger partial charge is 0.422 e. The maximum atomic E-state index is 12.2. The average Bonchev–Trinajstić information content (AvgIpc) is 2.97. The second-order valence-corrected chi connectivity index (χ2v) is 6.49. The number of hydrogen-bond donors (Lipinski definition) is 0. The minimum Gasteiger partial charge on any atom is -0.422 e. The lowest BCUT2D eigenvalue weighted by Crippen LogP contribution is -1.97. The van der Waals surface area contributed by atoms with Gasteiger partial charge in [0.05, 0.1) is 5.57 Å². The first-order chi connectivity index (χ1) is 11.7. The Hall–Kier alpha value is -2.65. The highest BCUT2D eigenvalue weighted by Gasteiger charge is 2.22. The van der Waals surface area contributed by atoms with Crippen molar-refractivity contribution in [1.82, 2.24) is 0 Å². The SMILES string of the molecule is O=C1OC(c2ccc(Br)cc2)=CC1=Cc1cccc2ccccc12. The Morgan fingerprint density at radius 2 is 1.62 bits per heavy atom. The highest BCUT2D eigenvalue weighted by Crippen LogP contribution is 2.29. The molecule has 0 saturated heterocycles. The van der Waals surface area contributed by atoms with Gasteiger partial charge in [0, 0.05) is 10.0 Å². The molecule has 0 unspecified atom stereocenters. The fraction of sp³-hybridized carbons (Fsp3) is 0. The van der Waals surface area contributed by atoms with Gasteiger partial charge >= 0.3 is 5.97 Å². The van der Waals surface area contributed by atoms with Crippen molar-refractivity contribution in [2.24, 2.45) is 0 Å². The zero-order chi connectivity index (χ0) is 16.5. The molecule has 1 aliphatic rings. The van der Waals surface area contributed by atoms with Gasteiger partial charge in [0.2, 0.25) is 0 Å². The van der Waals surface area contributed by atoms with Gasteiger partial charge in [0.1, 0.15) is 5.76 Å². The van der Waals surface area contributed by atoms with E-state index in [1.165, 1.54) is 0 Å². The summed E-state index contributed by atoms with van der Waals surface area (Å²) in [5.41, 5.74) is 2.45. The van der Waals surface area contributed by atoms with Gasteiger partial charge in [0.25, 0.3) is 0 Å². The van der Waals surface area contributed by atoms with E-state index in [1.54, 1.807) is 6.08 Å². The molecule has 24 heavy (non-hydrogen) atoms. The van der Waals surface area contributed by atoms with Crippen molar-refractivity contribution in [2.45, 2.75) is 0 Å². The lowest BCUT2D eigenvalue weighted by Gasteiger charge is -2.02. The van der Waals surface area contributed by atoms with Crippen LogP contribution in [-0.4, -0.2) is 5.97 Å². The van der Waals surface area contributed by atoms with Crippen molar-refractivity contribution in [1.29, 1.82) is 0 Å². The van der Waals surface area contributed by atoms with Gasteiger partial charge in [-0.1, -0.05) is 70.5 Å². The maximum Gasteiger partial charge on any atom is 0.343 e. The Balaban J connectivity index is 1.76. The van der Waals surface area contributed by atoms with E-state index in [4.69, 9.17) is 4.74 Å². The summed E-state index contributed by atoms with van der Waals surface area (Å²) in [6.07, 6.45) is 3.68.